The average Bonchev–Trinajstić information content (AvgIpc) is 2.56. The number of thiocarbonyl (C=S) groups is 1. The lowest BCUT2D eigenvalue weighted by Gasteiger charge is -2.14. The van der Waals surface area contributed by atoms with Crippen LogP contribution < -0.4 is 16.2 Å². The molecule has 2 aromatic rings. The average molecular weight is 370 g/mol. The Morgan fingerprint density at radius 2 is 1.58 bits per heavy atom. The number of hydrazine groups is 1. The van der Waals surface area contributed by atoms with Gasteiger partial charge >= 0.3 is 0 Å². The molecule has 2 aromatic carbocycles. The van der Waals surface area contributed by atoms with Crippen molar-refractivity contribution in [1.29, 1.82) is 0 Å². The number of carbonyl (C=O) groups is 1. The maximum Gasteiger partial charge on any atom is 0.242 e. The molecule has 26 heavy (non-hydrogen) atoms. The van der Waals surface area contributed by atoms with E-state index in [4.69, 9.17) is 12.2 Å². The van der Waals surface area contributed by atoms with Gasteiger partial charge in [-0.15, -0.1) is 0 Å². The van der Waals surface area contributed by atoms with E-state index >= 15 is 0 Å². The van der Waals surface area contributed by atoms with Gasteiger partial charge in [-0.1, -0.05) is 43.7 Å². The van der Waals surface area contributed by atoms with E-state index < -0.39 is 0 Å². The fourth-order valence-corrected chi connectivity index (χ4v) is 3.10. The van der Waals surface area contributed by atoms with Crippen molar-refractivity contribution in [2.75, 3.05) is 5.32 Å². The Labute approximate surface area is 161 Å². The molecule has 138 valence electrons. The Bertz CT molecular complexity index is 774. The van der Waals surface area contributed by atoms with Crippen LogP contribution in [0.25, 0.3) is 0 Å². The first-order valence-electron chi connectivity index (χ1n) is 8.78. The van der Waals surface area contributed by atoms with Crippen LogP contribution in [-0.4, -0.2) is 11.0 Å². The summed E-state index contributed by atoms with van der Waals surface area (Å²) in [7, 11) is 0. The smallest absolute Gasteiger partial charge is 0.242 e. The normalized spacial score (nSPS) is 10.5. The van der Waals surface area contributed by atoms with E-state index in [9.17, 15) is 4.79 Å². The first kappa shape index (κ1) is 19.9. The van der Waals surface area contributed by atoms with Gasteiger partial charge < -0.3 is 5.32 Å². The summed E-state index contributed by atoms with van der Waals surface area (Å²) in [5.74, 6) is 0.362. The molecule has 4 nitrogen and oxygen atoms in total. The minimum atomic E-state index is -0.126. The number of hydrogen-bond acceptors (Lipinski definition) is 2. The van der Waals surface area contributed by atoms with Gasteiger partial charge in [0.25, 0.3) is 0 Å². The molecule has 0 aliphatic rings. The van der Waals surface area contributed by atoms with E-state index in [0.717, 1.165) is 22.4 Å². The number of nitrogens with one attached hydrogen (secondary N) is 3. The molecule has 3 N–H and O–H groups in total. The highest BCUT2D eigenvalue weighted by Gasteiger charge is 2.10. The Morgan fingerprint density at radius 3 is 2.12 bits per heavy atom. The van der Waals surface area contributed by atoms with Gasteiger partial charge in [-0.2, -0.15) is 0 Å². The zero-order valence-corrected chi connectivity index (χ0v) is 16.9. The number of benzene rings is 2. The van der Waals surface area contributed by atoms with Crippen LogP contribution in [0.15, 0.2) is 36.4 Å². The Morgan fingerprint density at radius 1 is 1.00 bits per heavy atom. The van der Waals surface area contributed by atoms with Gasteiger partial charge in [-0.3, -0.25) is 15.6 Å². The molecule has 0 bridgehead atoms. The molecule has 0 aliphatic carbocycles. The third-order valence-corrected chi connectivity index (χ3v) is 4.53. The summed E-state index contributed by atoms with van der Waals surface area (Å²) in [6, 6.07) is 12.3. The van der Waals surface area contributed by atoms with Crippen LogP contribution in [0, 0.1) is 20.8 Å². The van der Waals surface area contributed by atoms with Crippen molar-refractivity contribution in [2.24, 2.45) is 0 Å². The molecule has 1 amide bonds. The van der Waals surface area contributed by atoms with Crippen molar-refractivity contribution in [3.05, 3.63) is 64.2 Å². The van der Waals surface area contributed by atoms with Gasteiger partial charge in [0, 0.05) is 5.69 Å². The lowest BCUT2D eigenvalue weighted by molar-refractivity contribution is -0.121. The Kier molecular flexibility index (Phi) is 6.75. The molecule has 0 spiro atoms. The molecule has 0 fully saturated rings. The molecule has 0 atom stereocenters. The van der Waals surface area contributed by atoms with Crippen LogP contribution >= 0.6 is 12.2 Å². The number of hydrogen-bond donors (Lipinski definition) is 3. The fourth-order valence-electron chi connectivity index (χ4n) is 2.93. The zero-order valence-electron chi connectivity index (χ0n) is 16.1. The van der Waals surface area contributed by atoms with Crippen LogP contribution in [0.1, 0.15) is 47.6 Å². The topological polar surface area (TPSA) is 53.2 Å². The van der Waals surface area contributed by atoms with Gasteiger partial charge in [-0.05, 0) is 73.3 Å². The molecule has 0 saturated heterocycles. The highest BCUT2D eigenvalue weighted by Crippen LogP contribution is 2.18. The molecular weight excluding hydrogens is 342 g/mol. The number of rotatable bonds is 4. The SMILES string of the molecule is Cc1cc(C)c(CC(=O)NNC(=S)Nc2ccc(C(C)C)cc2)c(C)c1. The summed E-state index contributed by atoms with van der Waals surface area (Å²) in [4.78, 5) is 12.2. The van der Waals surface area contributed by atoms with Crippen molar-refractivity contribution < 1.29 is 4.79 Å². The van der Waals surface area contributed by atoms with Gasteiger partial charge in [-0.25, -0.2) is 0 Å². The molecule has 2 rings (SSSR count). The predicted molar refractivity (Wildman–Crippen MR) is 112 cm³/mol. The van der Waals surface area contributed by atoms with E-state index in [1.165, 1.54) is 11.1 Å². The third-order valence-electron chi connectivity index (χ3n) is 4.33. The van der Waals surface area contributed by atoms with Crippen LogP contribution in [0.3, 0.4) is 0 Å². The van der Waals surface area contributed by atoms with E-state index in [0.29, 0.717) is 17.5 Å². The van der Waals surface area contributed by atoms with E-state index in [2.05, 4.69) is 61.2 Å². The van der Waals surface area contributed by atoms with Gasteiger partial charge in [0.1, 0.15) is 0 Å². The summed E-state index contributed by atoms with van der Waals surface area (Å²) in [6.45, 7) is 10.4. The van der Waals surface area contributed by atoms with Crippen LogP contribution in [-0.2, 0) is 11.2 Å². The van der Waals surface area contributed by atoms with E-state index in [-0.39, 0.29) is 5.91 Å². The molecule has 0 radical (unpaired) electrons. The standard InChI is InChI=1S/C21H27N3OS/c1-13(2)17-6-8-18(9-7-17)22-21(26)24-23-20(25)12-19-15(4)10-14(3)11-16(19)5/h6-11,13H,12H2,1-5H3,(H,23,25)(H2,22,24,26). The van der Waals surface area contributed by atoms with Crippen molar-refractivity contribution in [1.82, 2.24) is 10.9 Å². The maximum atomic E-state index is 12.2. The highest BCUT2D eigenvalue weighted by molar-refractivity contribution is 7.80. The molecule has 5 heteroatoms. The molecule has 0 unspecified atom stereocenters. The first-order chi connectivity index (χ1) is 12.3. The predicted octanol–water partition coefficient (Wildman–Crippen LogP) is 4.30. The summed E-state index contributed by atoms with van der Waals surface area (Å²) >= 11 is 5.24. The minimum Gasteiger partial charge on any atom is -0.331 e. The monoisotopic (exact) mass is 369 g/mol. The molecule has 0 heterocycles. The molecular formula is C21H27N3OS. The van der Waals surface area contributed by atoms with Crippen molar-refractivity contribution in [2.45, 2.75) is 47.0 Å². The van der Waals surface area contributed by atoms with Crippen molar-refractivity contribution in [3.63, 3.8) is 0 Å². The van der Waals surface area contributed by atoms with Gasteiger partial charge in [0.05, 0.1) is 6.42 Å². The van der Waals surface area contributed by atoms with Crippen LogP contribution in [0.4, 0.5) is 5.69 Å². The number of carbonyl (C=O) groups excluding carboxylic acids is 1. The van der Waals surface area contributed by atoms with Gasteiger partial charge in [0.15, 0.2) is 5.11 Å². The van der Waals surface area contributed by atoms with Crippen LogP contribution in [0.2, 0.25) is 0 Å². The lowest BCUT2D eigenvalue weighted by atomic mass is 9.97. The lowest BCUT2D eigenvalue weighted by Crippen LogP contribution is -2.44. The second-order valence-electron chi connectivity index (χ2n) is 6.96. The largest absolute Gasteiger partial charge is 0.331 e. The summed E-state index contributed by atoms with van der Waals surface area (Å²) < 4.78 is 0. The van der Waals surface area contributed by atoms with Crippen molar-refractivity contribution >= 4 is 28.9 Å². The Hall–Kier alpha value is -2.40. The third kappa shape index (κ3) is 5.56. The quantitative estimate of drug-likeness (QED) is 0.556. The van der Waals surface area contributed by atoms with E-state index in [1.807, 2.05) is 26.0 Å². The number of amides is 1. The molecule has 0 saturated carbocycles. The summed E-state index contributed by atoms with van der Waals surface area (Å²) in [5.41, 5.74) is 12.1. The first-order valence-corrected chi connectivity index (χ1v) is 9.19. The van der Waals surface area contributed by atoms with Crippen LogP contribution in [0.5, 0.6) is 0 Å². The van der Waals surface area contributed by atoms with E-state index in [1.54, 1.807) is 0 Å². The second-order valence-corrected chi connectivity index (χ2v) is 7.37. The fraction of sp³-hybridized carbons (Fsp3) is 0.333. The number of anilines is 1. The minimum absolute atomic E-state index is 0.126. The second kappa shape index (κ2) is 8.81. The van der Waals surface area contributed by atoms with Gasteiger partial charge in [0.2, 0.25) is 5.91 Å². The highest BCUT2D eigenvalue weighted by atomic mass is 32.1. The maximum absolute atomic E-state index is 12.2. The summed E-state index contributed by atoms with van der Waals surface area (Å²) in [6.07, 6.45) is 0.316. The molecule has 0 aromatic heterocycles. The Balaban J connectivity index is 1.86. The number of aryl methyl sites for hydroxylation is 3. The van der Waals surface area contributed by atoms with Crippen molar-refractivity contribution in [3.8, 4) is 0 Å². The zero-order chi connectivity index (χ0) is 19.3. The summed E-state index contributed by atoms with van der Waals surface area (Å²) in [5, 5.41) is 3.42. The molecule has 0 aliphatic heterocycles.